The largest absolute Gasteiger partial charge is 0.329 e. The Labute approximate surface area is 145 Å². The molecule has 0 aliphatic heterocycles. The van der Waals surface area contributed by atoms with Crippen LogP contribution < -0.4 is 0 Å². The smallest absolute Gasteiger partial charge is 0.254 e. The molecular formula is C22H27NO. The SMILES string of the molecule is C=CCCN(C(=O)c1cc(C)ccc1C)C(C)(C)c1ccccc1. The van der Waals surface area contributed by atoms with Crippen LogP contribution in [0.25, 0.3) is 0 Å². The second-order valence-electron chi connectivity index (χ2n) is 6.78. The van der Waals surface area contributed by atoms with Crippen LogP contribution >= 0.6 is 0 Å². The number of amides is 1. The summed E-state index contributed by atoms with van der Waals surface area (Å²) in [5.41, 5.74) is 3.64. The minimum atomic E-state index is -0.391. The molecule has 2 aromatic rings. The molecule has 2 nitrogen and oxygen atoms in total. The van der Waals surface area contributed by atoms with Crippen molar-refractivity contribution in [2.75, 3.05) is 6.54 Å². The summed E-state index contributed by atoms with van der Waals surface area (Å²) in [6.07, 6.45) is 2.64. The molecule has 2 heteroatoms. The molecule has 2 rings (SSSR count). The summed E-state index contributed by atoms with van der Waals surface area (Å²) in [5.74, 6) is 0.0758. The first-order valence-electron chi connectivity index (χ1n) is 8.43. The summed E-state index contributed by atoms with van der Waals surface area (Å²) < 4.78 is 0. The molecule has 0 atom stereocenters. The van der Waals surface area contributed by atoms with Gasteiger partial charge in [0.05, 0.1) is 5.54 Å². The highest BCUT2D eigenvalue weighted by atomic mass is 16.2. The number of hydrogen-bond donors (Lipinski definition) is 0. The Hall–Kier alpha value is -2.35. The van der Waals surface area contributed by atoms with E-state index in [0.29, 0.717) is 6.54 Å². The van der Waals surface area contributed by atoms with E-state index < -0.39 is 5.54 Å². The van der Waals surface area contributed by atoms with E-state index in [4.69, 9.17) is 0 Å². The number of benzene rings is 2. The Bertz CT molecular complexity index is 716. The standard InChI is InChI=1S/C22H27NO/c1-6-7-15-23(22(4,5)19-11-9-8-10-12-19)21(24)20-16-17(2)13-14-18(20)3/h6,8-14,16H,1,7,15H2,2-5H3. The van der Waals surface area contributed by atoms with Crippen molar-refractivity contribution in [2.24, 2.45) is 0 Å². The highest BCUT2D eigenvalue weighted by Crippen LogP contribution is 2.30. The lowest BCUT2D eigenvalue weighted by atomic mass is 9.90. The third kappa shape index (κ3) is 3.76. The van der Waals surface area contributed by atoms with E-state index in [-0.39, 0.29) is 5.91 Å². The Balaban J connectivity index is 2.46. The molecule has 0 bridgehead atoms. The third-order valence-corrected chi connectivity index (χ3v) is 4.58. The molecule has 126 valence electrons. The fourth-order valence-corrected chi connectivity index (χ4v) is 2.97. The van der Waals surface area contributed by atoms with Gasteiger partial charge in [0.1, 0.15) is 0 Å². The van der Waals surface area contributed by atoms with Crippen molar-refractivity contribution in [3.8, 4) is 0 Å². The molecule has 2 aromatic carbocycles. The van der Waals surface area contributed by atoms with Gasteiger partial charge in [0.25, 0.3) is 5.91 Å². The van der Waals surface area contributed by atoms with Crippen LogP contribution in [-0.2, 0) is 5.54 Å². The van der Waals surface area contributed by atoms with Gasteiger partial charge < -0.3 is 4.90 Å². The molecule has 0 unspecified atom stereocenters. The zero-order valence-electron chi connectivity index (χ0n) is 15.2. The molecule has 0 aromatic heterocycles. The Kier molecular flexibility index (Phi) is 5.61. The molecule has 0 fully saturated rings. The Morgan fingerprint density at radius 1 is 1.12 bits per heavy atom. The van der Waals surface area contributed by atoms with Crippen LogP contribution in [0.2, 0.25) is 0 Å². The van der Waals surface area contributed by atoms with Crippen LogP contribution in [0, 0.1) is 13.8 Å². The molecule has 0 radical (unpaired) electrons. The van der Waals surface area contributed by atoms with E-state index in [1.165, 1.54) is 0 Å². The van der Waals surface area contributed by atoms with Crippen molar-refractivity contribution in [3.05, 3.63) is 83.4 Å². The van der Waals surface area contributed by atoms with Crippen molar-refractivity contribution in [2.45, 2.75) is 39.7 Å². The average Bonchev–Trinajstić information content (AvgIpc) is 2.57. The quantitative estimate of drug-likeness (QED) is 0.665. The minimum Gasteiger partial charge on any atom is -0.329 e. The highest BCUT2D eigenvalue weighted by molar-refractivity contribution is 5.96. The van der Waals surface area contributed by atoms with Gasteiger partial charge in [-0.25, -0.2) is 0 Å². The molecule has 0 aliphatic rings. The van der Waals surface area contributed by atoms with Gasteiger partial charge in [-0.2, -0.15) is 0 Å². The summed E-state index contributed by atoms with van der Waals surface area (Å²) in [6, 6.07) is 16.2. The van der Waals surface area contributed by atoms with Gasteiger partial charge in [-0.3, -0.25) is 4.79 Å². The van der Waals surface area contributed by atoms with Gasteiger partial charge in [0.15, 0.2) is 0 Å². The van der Waals surface area contributed by atoms with Crippen LogP contribution in [0.5, 0.6) is 0 Å². The van der Waals surface area contributed by atoms with Gasteiger partial charge in [0.2, 0.25) is 0 Å². The van der Waals surface area contributed by atoms with Crippen LogP contribution in [0.3, 0.4) is 0 Å². The number of carbonyl (C=O) groups is 1. The first kappa shape index (κ1) is 18.0. The summed E-state index contributed by atoms with van der Waals surface area (Å²) in [5, 5.41) is 0. The predicted molar refractivity (Wildman–Crippen MR) is 101 cm³/mol. The fraction of sp³-hybridized carbons (Fsp3) is 0.318. The van der Waals surface area contributed by atoms with E-state index in [0.717, 1.165) is 28.7 Å². The summed E-state index contributed by atoms with van der Waals surface area (Å²) in [7, 11) is 0. The molecular weight excluding hydrogens is 294 g/mol. The van der Waals surface area contributed by atoms with Gasteiger partial charge in [0, 0.05) is 12.1 Å². The normalized spacial score (nSPS) is 11.2. The van der Waals surface area contributed by atoms with Crippen molar-refractivity contribution in [1.29, 1.82) is 0 Å². The molecule has 0 aliphatic carbocycles. The maximum atomic E-state index is 13.3. The van der Waals surface area contributed by atoms with E-state index >= 15 is 0 Å². The lowest BCUT2D eigenvalue weighted by Crippen LogP contribution is -2.46. The number of carbonyl (C=O) groups excluding carboxylic acids is 1. The van der Waals surface area contributed by atoms with Crippen molar-refractivity contribution in [1.82, 2.24) is 4.90 Å². The second kappa shape index (κ2) is 7.48. The summed E-state index contributed by atoms with van der Waals surface area (Å²) in [6.45, 7) is 12.7. The zero-order chi connectivity index (χ0) is 17.7. The lowest BCUT2D eigenvalue weighted by molar-refractivity contribution is 0.0546. The third-order valence-electron chi connectivity index (χ3n) is 4.58. The topological polar surface area (TPSA) is 20.3 Å². The van der Waals surface area contributed by atoms with Crippen LogP contribution in [0.15, 0.2) is 61.2 Å². The number of aryl methyl sites for hydroxylation is 2. The fourth-order valence-electron chi connectivity index (χ4n) is 2.97. The maximum Gasteiger partial charge on any atom is 0.254 e. The van der Waals surface area contributed by atoms with E-state index in [1.54, 1.807) is 0 Å². The molecule has 1 amide bonds. The molecule has 0 spiro atoms. The summed E-state index contributed by atoms with van der Waals surface area (Å²) >= 11 is 0. The molecule has 24 heavy (non-hydrogen) atoms. The molecule has 0 N–H and O–H groups in total. The second-order valence-corrected chi connectivity index (χ2v) is 6.78. The van der Waals surface area contributed by atoms with Gasteiger partial charge in [-0.05, 0) is 51.3 Å². The van der Waals surface area contributed by atoms with Crippen molar-refractivity contribution in [3.63, 3.8) is 0 Å². The van der Waals surface area contributed by atoms with E-state index in [2.05, 4.69) is 32.6 Å². The monoisotopic (exact) mass is 321 g/mol. The van der Waals surface area contributed by atoms with Crippen LogP contribution in [-0.4, -0.2) is 17.4 Å². The molecule has 0 heterocycles. The average molecular weight is 321 g/mol. The Morgan fingerprint density at radius 3 is 2.42 bits per heavy atom. The van der Waals surface area contributed by atoms with Crippen LogP contribution in [0.4, 0.5) is 0 Å². The lowest BCUT2D eigenvalue weighted by Gasteiger charge is -2.39. The van der Waals surface area contributed by atoms with Gasteiger partial charge in [-0.15, -0.1) is 6.58 Å². The number of rotatable bonds is 6. The van der Waals surface area contributed by atoms with Crippen LogP contribution in [0.1, 0.15) is 47.3 Å². The first-order valence-corrected chi connectivity index (χ1v) is 8.43. The van der Waals surface area contributed by atoms with E-state index in [1.807, 2.05) is 61.2 Å². The van der Waals surface area contributed by atoms with Gasteiger partial charge in [-0.1, -0.05) is 54.1 Å². The van der Waals surface area contributed by atoms with E-state index in [9.17, 15) is 4.79 Å². The predicted octanol–water partition coefficient (Wildman–Crippen LogP) is 5.26. The molecule has 0 saturated carbocycles. The highest BCUT2D eigenvalue weighted by Gasteiger charge is 2.33. The van der Waals surface area contributed by atoms with Crippen molar-refractivity contribution < 1.29 is 4.79 Å². The van der Waals surface area contributed by atoms with Crippen molar-refractivity contribution >= 4 is 5.91 Å². The van der Waals surface area contributed by atoms with Gasteiger partial charge >= 0.3 is 0 Å². The summed E-state index contributed by atoms with van der Waals surface area (Å²) in [4.78, 5) is 15.3. The number of hydrogen-bond acceptors (Lipinski definition) is 1. The maximum absolute atomic E-state index is 13.3. The first-order chi connectivity index (χ1) is 11.4. The zero-order valence-corrected chi connectivity index (χ0v) is 15.2. The minimum absolute atomic E-state index is 0.0758. The molecule has 0 saturated heterocycles. The Morgan fingerprint density at radius 2 is 1.79 bits per heavy atom. The number of nitrogens with zero attached hydrogens (tertiary/aromatic N) is 1.